The van der Waals surface area contributed by atoms with Crippen LogP contribution in [0.1, 0.15) is 23.5 Å². The predicted octanol–water partition coefficient (Wildman–Crippen LogP) is 3.98. The zero-order valence-corrected chi connectivity index (χ0v) is 11.5. The fraction of sp³-hybridized carbons (Fsp3) is 0.294. The van der Waals surface area contributed by atoms with Crippen LogP contribution in [0.4, 0.5) is 10.1 Å². The third-order valence-electron chi connectivity index (χ3n) is 3.92. The SMILES string of the molecule is COc1ccc(F)cc1CC1CCNc2ccccc21. The van der Waals surface area contributed by atoms with Crippen molar-refractivity contribution in [2.75, 3.05) is 19.0 Å². The minimum atomic E-state index is -0.206. The molecule has 1 heterocycles. The maximum atomic E-state index is 13.5. The van der Waals surface area contributed by atoms with Crippen LogP contribution >= 0.6 is 0 Å². The highest BCUT2D eigenvalue weighted by molar-refractivity contribution is 5.55. The molecule has 1 aliphatic heterocycles. The Morgan fingerprint density at radius 2 is 2.10 bits per heavy atom. The van der Waals surface area contributed by atoms with Crippen molar-refractivity contribution in [3.63, 3.8) is 0 Å². The van der Waals surface area contributed by atoms with E-state index < -0.39 is 0 Å². The second-order valence-electron chi connectivity index (χ2n) is 5.16. The van der Waals surface area contributed by atoms with E-state index in [1.165, 1.54) is 17.3 Å². The monoisotopic (exact) mass is 271 g/mol. The van der Waals surface area contributed by atoms with Gasteiger partial charge in [-0.1, -0.05) is 18.2 Å². The number of methoxy groups -OCH3 is 1. The fourth-order valence-corrected chi connectivity index (χ4v) is 2.93. The van der Waals surface area contributed by atoms with Gasteiger partial charge in [-0.15, -0.1) is 0 Å². The van der Waals surface area contributed by atoms with Crippen molar-refractivity contribution in [3.05, 3.63) is 59.4 Å². The Bertz CT molecular complexity index is 612. The van der Waals surface area contributed by atoms with Gasteiger partial charge in [-0.05, 0) is 54.2 Å². The summed E-state index contributed by atoms with van der Waals surface area (Å²) in [6, 6.07) is 13.1. The van der Waals surface area contributed by atoms with Gasteiger partial charge in [0.1, 0.15) is 11.6 Å². The highest BCUT2D eigenvalue weighted by Gasteiger charge is 2.21. The number of rotatable bonds is 3. The average molecular weight is 271 g/mol. The molecule has 0 fully saturated rings. The molecule has 2 aromatic carbocycles. The molecule has 2 nitrogen and oxygen atoms in total. The maximum Gasteiger partial charge on any atom is 0.123 e. The summed E-state index contributed by atoms with van der Waals surface area (Å²) >= 11 is 0. The Morgan fingerprint density at radius 3 is 2.95 bits per heavy atom. The number of halogens is 1. The minimum Gasteiger partial charge on any atom is -0.496 e. The zero-order chi connectivity index (χ0) is 13.9. The van der Waals surface area contributed by atoms with Crippen LogP contribution in [0.5, 0.6) is 5.75 Å². The van der Waals surface area contributed by atoms with E-state index in [4.69, 9.17) is 4.74 Å². The van der Waals surface area contributed by atoms with Crippen LogP contribution in [0.3, 0.4) is 0 Å². The van der Waals surface area contributed by atoms with Crippen LogP contribution in [0, 0.1) is 5.82 Å². The van der Waals surface area contributed by atoms with Crippen molar-refractivity contribution in [2.24, 2.45) is 0 Å². The van der Waals surface area contributed by atoms with Crippen molar-refractivity contribution in [3.8, 4) is 5.75 Å². The first kappa shape index (κ1) is 13.0. The molecule has 3 heteroatoms. The second-order valence-corrected chi connectivity index (χ2v) is 5.16. The maximum absolute atomic E-state index is 13.5. The molecule has 0 spiro atoms. The van der Waals surface area contributed by atoms with Gasteiger partial charge in [-0.25, -0.2) is 4.39 Å². The lowest BCUT2D eigenvalue weighted by atomic mass is 9.86. The molecule has 0 radical (unpaired) electrons. The smallest absolute Gasteiger partial charge is 0.123 e. The molecule has 1 atom stereocenters. The molecule has 0 aromatic heterocycles. The van der Waals surface area contributed by atoms with Crippen LogP contribution in [-0.2, 0) is 6.42 Å². The van der Waals surface area contributed by atoms with E-state index >= 15 is 0 Å². The van der Waals surface area contributed by atoms with Crippen molar-refractivity contribution < 1.29 is 9.13 Å². The Labute approximate surface area is 118 Å². The molecule has 20 heavy (non-hydrogen) atoms. The fourth-order valence-electron chi connectivity index (χ4n) is 2.93. The third kappa shape index (κ3) is 2.48. The van der Waals surface area contributed by atoms with Crippen LogP contribution in [-0.4, -0.2) is 13.7 Å². The molecule has 2 aromatic rings. The second kappa shape index (κ2) is 5.53. The normalized spacial score (nSPS) is 17.2. The summed E-state index contributed by atoms with van der Waals surface area (Å²) < 4.78 is 18.8. The lowest BCUT2D eigenvalue weighted by Gasteiger charge is -2.27. The van der Waals surface area contributed by atoms with Crippen molar-refractivity contribution in [1.82, 2.24) is 0 Å². The van der Waals surface area contributed by atoms with Crippen LogP contribution in [0.25, 0.3) is 0 Å². The zero-order valence-electron chi connectivity index (χ0n) is 11.5. The first-order chi connectivity index (χ1) is 9.78. The van der Waals surface area contributed by atoms with Gasteiger partial charge >= 0.3 is 0 Å². The number of ether oxygens (including phenoxy) is 1. The standard InChI is InChI=1S/C17H18FNO/c1-20-17-7-6-14(18)11-13(17)10-12-8-9-19-16-5-3-2-4-15(12)16/h2-7,11-12,19H,8-10H2,1H3. The lowest BCUT2D eigenvalue weighted by Crippen LogP contribution is -2.18. The van der Waals surface area contributed by atoms with Gasteiger partial charge in [-0.2, -0.15) is 0 Å². The van der Waals surface area contributed by atoms with Crippen LogP contribution in [0.2, 0.25) is 0 Å². The molecule has 104 valence electrons. The van der Waals surface area contributed by atoms with E-state index in [9.17, 15) is 4.39 Å². The van der Waals surface area contributed by atoms with Gasteiger partial charge in [0, 0.05) is 12.2 Å². The molecular formula is C17H18FNO. The Morgan fingerprint density at radius 1 is 1.25 bits per heavy atom. The topological polar surface area (TPSA) is 21.3 Å². The number of para-hydroxylation sites is 1. The van der Waals surface area contributed by atoms with E-state index in [0.717, 1.165) is 30.7 Å². The first-order valence-electron chi connectivity index (χ1n) is 6.93. The molecule has 1 N–H and O–H groups in total. The number of fused-ring (bicyclic) bond motifs is 1. The summed E-state index contributed by atoms with van der Waals surface area (Å²) in [6.45, 7) is 0.958. The number of hydrogen-bond acceptors (Lipinski definition) is 2. The van der Waals surface area contributed by atoms with E-state index in [0.29, 0.717) is 5.92 Å². The Balaban J connectivity index is 1.91. The molecule has 1 unspecified atom stereocenters. The minimum absolute atomic E-state index is 0.206. The van der Waals surface area contributed by atoms with Crippen molar-refractivity contribution >= 4 is 5.69 Å². The lowest BCUT2D eigenvalue weighted by molar-refractivity contribution is 0.406. The predicted molar refractivity (Wildman–Crippen MR) is 78.9 cm³/mol. The molecule has 0 saturated heterocycles. The summed E-state index contributed by atoms with van der Waals surface area (Å²) in [6.07, 6.45) is 1.86. The molecule has 0 saturated carbocycles. The third-order valence-corrected chi connectivity index (χ3v) is 3.92. The van der Waals surface area contributed by atoms with E-state index in [1.54, 1.807) is 19.2 Å². The van der Waals surface area contributed by atoms with E-state index in [1.807, 2.05) is 6.07 Å². The van der Waals surface area contributed by atoms with Gasteiger partial charge < -0.3 is 10.1 Å². The number of benzene rings is 2. The number of anilines is 1. The van der Waals surface area contributed by atoms with Gasteiger partial charge in [0.25, 0.3) is 0 Å². The van der Waals surface area contributed by atoms with E-state index in [2.05, 4.69) is 23.5 Å². The average Bonchev–Trinajstić information content (AvgIpc) is 2.48. The highest BCUT2D eigenvalue weighted by atomic mass is 19.1. The summed E-state index contributed by atoms with van der Waals surface area (Å²) in [5.41, 5.74) is 3.44. The van der Waals surface area contributed by atoms with Gasteiger partial charge in [-0.3, -0.25) is 0 Å². The number of hydrogen-bond donors (Lipinski definition) is 1. The number of nitrogens with one attached hydrogen (secondary N) is 1. The molecule has 0 aliphatic carbocycles. The van der Waals surface area contributed by atoms with Crippen LogP contribution in [0.15, 0.2) is 42.5 Å². The quantitative estimate of drug-likeness (QED) is 0.911. The van der Waals surface area contributed by atoms with Gasteiger partial charge in [0.15, 0.2) is 0 Å². The van der Waals surface area contributed by atoms with Gasteiger partial charge in [0.2, 0.25) is 0 Å². The first-order valence-corrected chi connectivity index (χ1v) is 6.93. The molecule has 0 amide bonds. The summed E-state index contributed by atoms with van der Waals surface area (Å²) in [5.74, 6) is 0.966. The Hall–Kier alpha value is -2.03. The summed E-state index contributed by atoms with van der Waals surface area (Å²) in [7, 11) is 1.63. The van der Waals surface area contributed by atoms with E-state index in [-0.39, 0.29) is 5.82 Å². The van der Waals surface area contributed by atoms with Crippen LogP contribution < -0.4 is 10.1 Å². The summed E-state index contributed by atoms with van der Waals surface area (Å²) in [4.78, 5) is 0. The summed E-state index contributed by atoms with van der Waals surface area (Å²) in [5, 5.41) is 3.41. The van der Waals surface area contributed by atoms with Crippen molar-refractivity contribution in [2.45, 2.75) is 18.8 Å². The van der Waals surface area contributed by atoms with Gasteiger partial charge in [0.05, 0.1) is 7.11 Å². The molecule has 3 rings (SSSR count). The molecule has 0 bridgehead atoms. The largest absolute Gasteiger partial charge is 0.496 e. The van der Waals surface area contributed by atoms with Crippen molar-refractivity contribution in [1.29, 1.82) is 0 Å². The Kier molecular flexibility index (Phi) is 3.59. The molecule has 1 aliphatic rings. The molecular weight excluding hydrogens is 253 g/mol. The highest BCUT2D eigenvalue weighted by Crippen LogP contribution is 2.35.